The number of fused-ring (bicyclic) bond motifs is 2. The molecular weight excluding hydrogens is 1280 g/mol. The molecule has 17 aromatic carbocycles. The van der Waals surface area contributed by atoms with Crippen LogP contribution in [0.2, 0.25) is 0 Å². The average Bonchev–Trinajstić information content (AvgIpc) is 0.785. The first-order chi connectivity index (χ1) is 52.1. The molecule has 0 atom stereocenters. The van der Waals surface area contributed by atoms with Crippen molar-refractivity contribution in [2.24, 2.45) is 0 Å². The summed E-state index contributed by atoms with van der Waals surface area (Å²) in [5.41, 5.74) is 22.2. The number of hydrogen-bond acceptors (Lipinski definition) is 7. The molecule has 0 fully saturated rings. The molecule has 0 spiro atoms. The maximum Gasteiger partial charge on any atom is 0.0540 e. The van der Waals surface area contributed by atoms with E-state index in [0.717, 1.165) is 119 Å². The lowest BCUT2D eigenvalue weighted by molar-refractivity contribution is 1.23. The van der Waals surface area contributed by atoms with E-state index < -0.39 is 0 Å². The second-order valence-corrected chi connectivity index (χ2v) is 25.8. The quantitative estimate of drug-likeness (QED) is 0.0706. The third-order valence-electron chi connectivity index (χ3n) is 19.3. The Morgan fingerprint density at radius 3 is 0.419 bits per heavy atom. The third-order valence-corrected chi connectivity index (χ3v) is 19.3. The van der Waals surface area contributed by atoms with Crippen molar-refractivity contribution in [1.82, 2.24) is 0 Å². The second-order valence-electron chi connectivity index (χ2n) is 25.8. The summed E-state index contributed by atoms with van der Waals surface area (Å²) in [4.78, 5) is 16.4. The minimum Gasteiger partial charge on any atom is -0.311 e. The van der Waals surface area contributed by atoms with E-state index in [-0.39, 0.29) is 0 Å². The highest BCUT2D eigenvalue weighted by Crippen LogP contribution is 2.47. The zero-order valence-electron chi connectivity index (χ0n) is 57.8. The molecule has 17 rings (SSSR count). The van der Waals surface area contributed by atoms with Gasteiger partial charge in [0.2, 0.25) is 0 Å². The van der Waals surface area contributed by atoms with Gasteiger partial charge in [-0.3, -0.25) is 0 Å². The van der Waals surface area contributed by atoms with E-state index in [1.807, 2.05) is 0 Å². The van der Waals surface area contributed by atoms with Crippen molar-refractivity contribution < 1.29 is 0 Å². The van der Waals surface area contributed by atoms with E-state index in [0.29, 0.717) is 0 Å². The topological polar surface area (TPSA) is 22.7 Å². The van der Waals surface area contributed by atoms with Gasteiger partial charge in [-0.1, -0.05) is 200 Å². The van der Waals surface area contributed by atoms with Crippen LogP contribution in [0.15, 0.2) is 443 Å². The molecule has 0 saturated heterocycles. The van der Waals surface area contributed by atoms with Crippen LogP contribution in [0, 0.1) is 0 Å². The third kappa shape index (κ3) is 13.4. The van der Waals surface area contributed by atoms with Crippen molar-refractivity contribution >= 4 is 141 Å². The smallest absolute Gasteiger partial charge is 0.0540 e. The number of rotatable bonds is 21. The van der Waals surface area contributed by atoms with Crippen molar-refractivity contribution in [2.45, 2.75) is 0 Å². The Labute approximate surface area is 614 Å². The molecule has 7 heteroatoms. The van der Waals surface area contributed by atoms with Crippen LogP contribution in [0.4, 0.5) is 119 Å². The first kappa shape index (κ1) is 64.3. The van der Waals surface area contributed by atoms with Crippen LogP contribution in [0.3, 0.4) is 0 Å². The lowest BCUT2D eigenvalue weighted by Gasteiger charge is -2.30. The van der Waals surface area contributed by atoms with E-state index in [1.54, 1.807) is 0 Å². The normalized spacial score (nSPS) is 11.0. The van der Waals surface area contributed by atoms with Gasteiger partial charge in [0.15, 0.2) is 0 Å². The van der Waals surface area contributed by atoms with Crippen LogP contribution in [0.25, 0.3) is 21.5 Å². The van der Waals surface area contributed by atoms with Crippen LogP contribution in [-0.4, -0.2) is 0 Å². The van der Waals surface area contributed by atoms with Crippen molar-refractivity contribution in [2.75, 3.05) is 34.3 Å². The summed E-state index contributed by atoms with van der Waals surface area (Å²) in [5.74, 6) is 0. The van der Waals surface area contributed by atoms with E-state index in [4.69, 9.17) is 0 Å². The summed E-state index contributed by atoms with van der Waals surface area (Å²) >= 11 is 0. The molecule has 0 N–H and O–H groups in total. The predicted molar refractivity (Wildman–Crippen MR) is 444 cm³/mol. The van der Waals surface area contributed by atoms with Gasteiger partial charge in [-0.05, 0) is 253 Å². The molecule has 0 aliphatic carbocycles. The fraction of sp³-hybridized carbons (Fsp3) is 0. The number of anilines is 21. The summed E-state index contributed by atoms with van der Waals surface area (Å²) < 4.78 is 0. The molecule has 0 unspecified atom stereocenters. The van der Waals surface area contributed by atoms with Crippen LogP contribution in [0.1, 0.15) is 0 Å². The first-order valence-electron chi connectivity index (χ1n) is 35.6. The van der Waals surface area contributed by atoms with Crippen molar-refractivity contribution in [3.63, 3.8) is 0 Å². The van der Waals surface area contributed by atoms with Crippen molar-refractivity contribution in [3.05, 3.63) is 443 Å². The van der Waals surface area contributed by atoms with Gasteiger partial charge in [-0.25, -0.2) is 0 Å². The maximum absolute atomic E-state index is 2.35. The molecule has 17 aromatic rings. The van der Waals surface area contributed by atoms with Gasteiger partial charge in [0.05, 0.1) is 11.4 Å². The van der Waals surface area contributed by atoms with Gasteiger partial charge in [0.1, 0.15) is 0 Å². The van der Waals surface area contributed by atoms with Gasteiger partial charge >= 0.3 is 0 Å². The van der Waals surface area contributed by atoms with E-state index >= 15 is 0 Å². The highest BCUT2D eigenvalue weighted by atomic mass is 15.2. The Bertz CT molecular complexity index is 5330. The molecule has 0 aromatic heterocycles. The zero-order chi connectivity index (χ0) is 70.1. The van der Waals surface area contributed by atoms with E-state index in [9.17, 15) is 0 Å². The number of para-hydroxylation sites is 7. The Morgan fingerprint density at radius 2 is 0.229 bits per heavy atom. The van der Waals surface area contributed by atoms with Gasteiger partial charge < -0.3 is 34.3 Å². The van der Waals surface area contributed by atoms with E-state index in [1.165, 1.54) is 21.5 Å². The molecule has 0 aliphatic heterocycles. The summed E-state index contributed by atoms with van der Waals surface area (Å²) in [7, 11) is 0. The number of hydrogen-bond donors (Lipinski definition) is 0. The molecule has 0 aliphatic rings. The largest absolute Gasteiger partial charge is 0.311 e. The monoisotopic (exact) mass is 1350 g/mol. The molecule has 0 heterocycles. The van der Waals surface area contributed by atoms with Crippen LogP contribution < -0.4 is 34.3 Å². The number of benzene rings is 17. The fourth-order valence-corrected chi connectivity index (χ4v) is 14.4. The van der Waals surface area contributed by atoms with Crippen LogP contribution in [-0.2, 0) is 0 Å². The number of nitrogens with zero attached hydrogens (tertiary/aromatic N) is 7. The molecule has 0 bridgehead atoms. The molecule has 105 heavy (non-hydrogen) atoms. The Kier molecular flexibility index (Phi) is 18.1. The maximum atomic E-state index is 2.35. The predicted octanol–water partition coefficient (Wildman–Crippen LogP) is 28.3. The zero-order valence-corrected chi connectivity index (χ0v) is 57.8. The Morgan fingerprint density at radius 1 is 0.0952 bits per heavy atom. The lowest BCUT2D eigenvalue weighted by atomic mass is 10.1. The lowest BCUT2D eigenvalue weighted by Crippen LogP contribution is -2.14. The highest BCUT2D eigenvalue weighted by molar-refractivity contribution is 6.01. The molecule has 7 nitrogen and oxygen atoms in total. The van der Waals surface area contributed by atoms with Crippen molar-refractivity contribution in [1.29, 1.82) is 0 Å². The standard InChI is InChI=1S/C98H73N7/c1-8-32-76(33-9-1)99(83-50-54-85(55-51-83)100(77-34-10-2-11-35-77)87-58-62-89(63-59-87)102(79-38-14-4-15-39-79)91-66-70-93(71-67-91)104(81-42-18-6-19-43-81)97-48-26-30-74-28-22-24-46-95(74)97)84-52-56-86(57-53-84)101(78-36-12-3-13-37-78)88-60-64-90(65-61-88)103(80-40-16-5-17-41-80)92-68-72-94(73-69-92)105(82-44-20-7-21-45-82)98-49-27-31-75-29-23-25-47-96(75)98/h1-73H. The Balaban J connectivity index is 0.662. The highest BCUT2D eigenvalue weighted by Gasteiger charge is 2.24. The van der Waals surface area contributed by atoms with Gasteiger partial charge in [-0.15, -0.1) is 0 Å². The molecular formula is C98H73N7. The summed E-state index contributed by atoms with van der Waals surface area (Å²) in [6.07, 6.45) is 0. The summed E-state index contributed by atoms with van der Waals surface area (Å²) in [6, 6.07) is 158. The van der Waals surface area contributed by atoms with Crippen molar-refractivity contribution in [3.8, 4) is 0 Å². The molecule has 0 radical (unpaired) electrons. The first-order valence-corrected chi connectivity index (χ1v) is 35.6. The minimum atomic E-state index is 1.03. The molecule has 0 saturated carbocycles. The summed E-state index contributed by atoms with van der Waals surface area (Å²) in [6.45, 7) is 0. The average molecular weight is 1350 g/mol. The molecule has 0 amide bonds. The SMILES string of the molecule is c1ccc(N(c2ccc(N(c3ccccc3)c3ccc(N(c4ccccc4)c4ccc(N(c5ccccc5)c5cccc6ccccc56)cc4)cc3)cc2)c2ccc(N(c3ccccc3)c3ccc(N(c4ccccc4)c4ccc(N(c5ccccc5)c5cccc6ccccc56)cc4)cc3)cc2)cc1. The fourth-order valence-electron chi connectivity index (χ4n) is 14.4. The van der Waals surface area contributed by atoms with Gasteiger partial charge in [-0.2, -0.15) is 0 Å². The Hall–Kier alpha value is -14.1. The van der Waals surface area contributed by atoms with E-state index in [2.05, 4.69) is 477 Å². The minimum absolute atomic E-state index is 1.03. The van der Waals surface area contributed by atoms with Gasteiger partial charge in [0, 0.05) is 119 Å². The summed E-state index contributed by atoms with van der Waals surface area (Å²) in [5, 5.41) is 4.78. The molecule has 500 valence electrons. The van der Waals surface area contributed by atoms with Crippen LogP contribution >= 0.6 is 0 Å². The van der Waals surface area contributed by atoms with Gasteiger partial charge in [0.25, 0.3) is 0 Å². The van der Waals surface area contributed by atoms with Crippen LogP contribution in [0.5, 0.6) is 0 Å². The second kappa shape index (κ2) is 29.6.